The molecule has 0 saturated heterocycles. The largest absolute Gasteiger partial charge is 0.464 e. The van der Waals surface area contributed by atoms with Crippen LogP contribution in [0.25, 0.3) is 6.08 Å². The molecule has 3 rings (SSSR count). The van der Waals surface area contributed by atoms with Crippen LogP contribution in [0, 0.1) is 5.82 Å². The number of anilines is 2. The average Bonchev–Trinajstić information content (AvgIpc) is 3.28. The third-order valence-corrected chi connectivity index (χ3v) is 5.53. The highest BCUT2D eigenvalue weighted by molar-refractivity contribution is 7.14. The first-order valence-electron chi connectivity index (χ1n) is 10.6. The number of benzene rings is 2. The molecule has 0 aliphatic rings. The smallest absolute Gasteiger partial charge is 0.328 e. The Kier molecular flexibility index (Phi) is 8.64. The van der Waals surface area contributed by atoms with E-state index in [2.05, 4.69) is 10.3 Å². The number of thiazole rings is 1. The van der Waals surface area contributed by atoms with Gasteiger partial charge in [0.15, 0.2) is 5.13 Å². The molecule has 0 radical (unpaired) electrons. The van der Waals surface area contributed by atoms with E-state index in [0.717, 1.165) is 16.9 Å². The summed E-state index contributed by atoms with van der Waals surface area (Å²) in [7, 11) is 0. The highest BCUT2D eigenvalue weighted by Crippen LogP contribution is 2.30. The van der Waals surface area contributed by atoms with Gasteiger partial charge < -0.3 is 10.1 Å². The normalized spacial score (nSPS) is 11.7. The van der Waals surface area contributed by atoms with Gasteiger partial charge in [0, 0.05) is 24.8 Å². The minimum atomic E-state index is -0.847. The van der Waals surface area contributed by atoms with E-state index in [-0.39, 0.29) is 23.8 Å². The molecule has 9 heteroatoms. The molecule has 0 fully saturated rings. The number of nitrogens with zero attached hydrogens (tertiary/aromatic N) is 2. The van der Waals surface area contributed by atoms with E-state index in [1.807, 2.05) is 30.3 Å². The van der Waals surface area contributed by atoms with Gasteiger partial charge in [-0.25, -0.2) is 14.2 Å². The fourth-order valence-electron chi connectivity index (χ4n) is 3.16. The molecule has 176 valence electrons. The van der Waals surface area contributed by atoms with E-state index in [0.29, 0.717) is 5.69 Å². The van der Waals surface area contributed by atoms with Crippen molar-refractivity contribution >= 4 is 46.0 Å². The van der Waals surface area contributed by atoms with Crippen molar-refractivity contribution in [3.05, 3.63) is 83.1 Å². The van der Waals surface area contributed by atoms with Gasteiger partial charge in [0.05, 0.1) is 18.0 Å². The van der Waals surface area contributed by atoms with E-state index in [1.54, 1.807) is 18.4 Å². The van der Waals surface area contributed by atoms with Crippen molar-refractivity contribution in [2.45, 2.75) is 26.3 Å². The van der Waals surface area contributed by atoms with E-state index in [4.69, 9.17) is 4.74 Å². The molecule has 1 aromatic heterocycles. The Morgan fingerprint density at radius 1 is 1.15 bits per heavy atom. The number of amides is 2. The molecule has 1 unspecified atom stereocenters. The van der Waals surface area contributed by atoms with Crippen molar-refractivity contribution in [3.63, 3.8) is 0 Å². The first-order valence-corrected chi connectivity index (χ1v) is 11.5. The first kappa shape index (κ1) is 24.8. The van der Waals surface area contributed by atoms with Crippen LogP contribution >= 0.6 is 11.3 Å². The second-order valence-corrected chi connectivity index (χ2v) is 8.03. The lowest BCUT2D eigenvalue weighted by Gasteiger charge is -2.18. The third kappa shape index (κ3) is 6.58. The Balaban J connectivity index is 1.72. The number of hydrogen-bond acceptors (Lipinski definition) is 6. The maximum Gasteiger partial charge on any atom is 0.328 e. The van der Waals surface area contributed by atoms with Gasteiger partial charge in [-0.15, -0.1) is 11.3 Å². The summed E-state index contributed by atoms with van der Waals surface area (Å²) < 4.78 is 19.3. The molecule has 1 atom stereocenters. The maximum absolute atomic E-state index is 14.2. The number of rotatable bonds is 9. The van der Waals surface area contributed by atoms with Gasteiger partial charge in [-0.05, 0) is 30.7 Å². The molecule has 7 nitrogen and oxygen atoms in total. The van der Waals surface area contributed by atoms with Gasteiger partial charge in [-0.1, -0.05) is 42.5 Å². The summed E-state index contributed by atoms with van der Waals surface area (Å²) in [5, 5.41) is 4.57. The zero-order valence-corrected chi connectivity index (χ0v) is 19.5. The Labute approximate surface area is 200 Å². The highest BCUT2D eigenvalue weighted by Gasteiger charge is 2.22. The van der Waals surface area contributed by atoms with E-state index in [9.17, 15) is 18.8 Å². The number of carbonyl (C=O) groups is 3. The van der Waals surface area contributed by atoms with Crippen molar-refractivity contribution in [1.82, 2.24) is 10.3 Å². The zero-order valence-electron chi connectivity index (χ0n) is 18.7. The standard InChI is InChI=1S/C25H24FN3O4S/c1-3-33-24(32)21(15-18-9-5-4-6-10-18)28-23(31)14-13-19-16-34-25(27-19)29(17(2)30)22-12-8-7-11-20(22)26/h4-14,16,21H,3,15H2,1-2H3,(H,28,31)/b14-13+. The van der Waals surface area contributed by atoms with Gasteiger partial charge in [0.1, 0.15) is 11.9 Å². The summed E-state index contributed by atoms with van der Waals surface area (Å²) >= 11 is 1.14. The van der Waals surface area contributed by atoms with E-state index in [1.165, 1.54) is 42.2 Å². The number of aromatic nitrogens is 1. The lowest BCUT2D eigenvalue weighted by atomic mass is 10.1. The molecule has 0 aliphatic heterocycles. The van der Waals surface area contributed by atoms with Crippen LogP contribution in [0.5, 0.6) is 0 Å². The number of para-hydroxylation sites is 1. The minimum absolute atomic E-state index is 0.0933. The van der Waals surface area contributed by atoms with Crippen molar-refractivity contribution in [2.75, 3.05) is 11.5 Å². The fourth-order valence-corrected chi connectivity index (χ4v) is 4.01. The predicted molar refractivity (Wildman–Crippen MR) is 129 cm³/mol. The molecule has 1 heterocycles. The molecule has 0 saturated carbocycles. The zero-order chi connectivity index (χ0) is 24.5. The number of esters is 1. The molecular formula is C25H24FN3O4S. The maximum atomic E-state index is 14.2. The summed E-state index contributed by atoms with van der Waals surface area (Å²) in [6, 6.07) is 14.4. The topological polar surface area (TPSA) is 88.6 Å². The van der Waals surface area contributed by atoms with Crippen LogP contribution < -0.4 is 10.2 Å². The van der Waals surface area contributed by atoms with Crippen LogP contribution in [0.1, 0.15) is 25.1 Å². The van der Waals surface area contributed by atoms with Crippen LogP contribution in [-0.4, -0.2) is 35.4 Å². The number of hydrogen-bond donors (Lipinski definition) is 1. The average molecular weight is 482 g/mol. The van der Waals surface area contributed by atoms with Crippen LogP contribution in [-0.2, 0) is 25.5 Å². The number of ether oxygens (including phenoxy) is 1. The summed E-state index contributed by atoms with van der Waals surface area (Å²) in [5.41, 5.74) is 1.38. The highest BCUT2D eigenvalue weighted by atomic mass is 32.1. The number of nitrogens with one attached hydrogen (secondary N) is 1. The molecule has 2 aromatic carbocycles. The van der Waals surface area contributed by atoms with Crippen molar-refractivity contribution < 1.29 is 23.5 Å². The summed E-state index contributed by atoms with van der Waals surface area (Å²) in [4.78, 5) is 42.5. The number of carbonyl (C=O) groups excluding carboxylic acids is 3. The molecule has 1 N–H and O–H groups in total. The Bertz CT molecular complexity index is 1180. The Morgan fingerprint density at radius 2 is 1.85 bits per heavy atom. The van der Waals surface area contributed by atoms with Gasteiger partial charge in [0.2, 0.25) is 11.8 Å². The fraction of sp³-hybridized carbons (Fsp3) is 0.200. The van der Waals surface area contributed by atoms with Crippen LogP contribution in [0.4, 0.5) is 15.2 Å². The lowest BCUT2D eigenvalue weighted by molar-refractivity contribution is -0.147. The second-order valence-electron chi connectivity index (χ2n) is 7.20. The summed E-state index contributed by atoms with van der Waals surface area (Å²) in [5.74, 6) is -1.97. The van der Waals surface area contributed by atoms with Crippen LogP contribution in [0.2, 0.25) is 0 Å². The summed E-state index contributed by atoms with van der Waals surface area (Å²) in [6.45, 7) is 3.22. The van der Waals surface area contributed by atoms with E-state index >= 15 is 0 Å². The first-order chi connectivity index (χ1) is 16.4. The predicted octanol–water partition coefficient (Wildman–Crippen LogP) is 4.27. The molecular weight excluding hydrogens is 457 g/mol. The van der Waals surface area contributed by atoms with Crippen molar-refractivity contribution in [2.24, 2.45) is 0 Å². The van der Waals surface area contributed by atoms with E-state index < -0.39 is 29.6 Å². The third-order valence-electron chi connectivity index (χ3n) is 4.69. The van der Waals surface area contributed by atoms with Crippen LogP contribution in [0.3, 0.4) is 0 Å². The van der Waals surface area contributed by atoms with Gasteiger partial charge in [-0.2, -0.15) is 0 Å². The Morgan fingerprint density at radius 3 is 2.53 bits per heavy atom. The quantitative estimate of drug-likeness (QED) is 0.364. The number of halogens is 1. The minimum Gasteiger partial charge on any atom is -0.464 e. The van der Waals surface area contributed by atoms with Crippen LogP contribution in [0.15, 0.2) is 66.1 Å². The van der Waals surface area contributed by atoms with Gasteiger partial charge >= 0.3 is 5.97 Å². The monoisotopic (exact) mass is 481 g/mol. The molecule has 34 heavy (non-hydrogen) atoms. The molecule has 2 amide bonds. The molecule has 3 aromatic rings. The second kappa shape index (κ2) is 11.9. The van der Waals surface area contributed by atoms with Crippen molar-refractivity contribution in [1.29, 1.82) is 0 Å². The SMILES string of the molecule is CCOC(=O)C(Cc1ccccc1)NC(=O)/C=C/c1csc(N(C(C)=O)c2ccccc2F)n1. The lowest BCUT2D eigenvalue weighted by Crippen LogP contribution is -2.42. The van der Waals surface area contributed by atoms with Gasteiger partial charge in [-0.3, -0.25) is 14.5 Å². The molecule has 0 spiro atoms. The molecule has 0 bridgehead atoms. The molecule has 0 aliphatic carbocycles. The summed E-state index contributed by atoms with van der Waals surface area (Å²) in [6.07, 6.45) is 2.99. The Hall–Kier alpha value is -3.85. The van der Waals surface area contributed by atoms with Crippen molar-refractivity contribution in [3.8, 4) is 0 Å². The van der Waals surface area contributed by atoms with Gasteiger partial charge in [0.25, 0.3) is 0 Å².